The number of aryl methyl sites for hydroxylation is 1. The van der Waals surface area contributed by atoms with Gasteiger partial charge in [0.1, 0.15) is 5.82 Å². The van der Waals surface area contributed by atoms with E-state index in [4.69, 9.17) is 9.68 Å². The number of fused-ring (bicyclic) bond motifs is 1. The highest BCUT2D eigenvalue weighted by atomic mass is 16.4. The van der Waals surface area contributed by atoms with Crippen LogP contribution in [-0.2, 0) is 6.42 Å². The zero-order valence-corrected chi connectivity index (χ0v) is 9.93. The van der Waals surface area contributed by atoms with Gasteiger partial charge in [0.15, 0.2) is 5.58 Å². The van der Waals surface area contributed by atoms with Crippen LogP contribution in [0.15, 0.2) is 33.6 Å². The van der Waals surface area contributed by atoms with Crippen molar-refractivity contribution < 1.29 is 4.42 Å². The Morgan fingerprint density at radius 3 is 3.11 bits per heavy atom. The maximum atomic E-state index is 11.1. The summed E-state index contributed by atoms with van der Waals surface area (Å²) in [5.41, 5.74) is 2.92. The number of nitriles is 1. The number of hydrogen-bond acceptors (Lipinski definition) is 4. The molecule has 2 heterocycles. The molecule has 6 heteroatoms. The third kappa shape index (κ3) is 2.13. The average molecular weight is 254 g/mol. The van der Waals surface area contributed by atoms with Crippen LogP contribution in [0.1, 0.15) is 12.2 Å². The first-order valence-corrected chi connectivity index (χ1v) is 5.80. The Morgan fingerprint density at radius 2 is 2.26 bits per heavy atom. The Kier molecular flexibility index (Phi) is 2.65. The predicted molar refractivity (Wildman–Crippen MR) is 68.4 cm³/mol. The van der Waals surface area contributed by atoms with Gasteiger partial charge in [-0.25, -0.2) is 9.78 Å². The summed E-state index contributed by atoms with van der Waals surface area (Å²) in [4.78, 5) is 21.1. The van der Waals surface area contributed by atoms with E-state index in [-0.39, 0.29) is 0 Å². The molecule has 0 aliphatic carbocycles. The van der Waals surface area contributed by atoms with Gasteiger partial charge >= 0.3 is 5.76 Å². The minimum absolute atomic E-state index is 0.432. The van der Waals surface area contributed by atoms with Gasteiger partial charge in [-0.3, -0.25) is 4.98 Å². The second-order valence-electron chi connectivity index (χ2n) is 4.13. The number of aromatic nitrogens is 3. The number of hydrogen-bond donors (Lipinski definition) is 2. The maximum Gasteiger partial charge on any atom is 0.417 e. The summed E-state index contributed by atoms with van der Waals surface area (Å²) >= 11 is 0. The van der Waals surface area contributed by atoms with Gasteiger partial charge in [0.2, 0.25) is 0 Å². The van der Waals surface area contributed by atoms with E-state index in [0.29, 0.717) is 23.9 Å². The highest BCUT2D eigenvalue weighted by Crippen LogP contribution is 2.21. The molecule has 2 N–H and O–H groups in total. The molecule has 0 atom stereocenters. The molecule has 0 spiro atoms. The fraction of sp³-hybridized carbons (Fsp3) is 0.154. The molecule has 6 nitrogen and oxygen atoms in total. The lowest BCUT2D eigenvalue weighted by Crippen LogP contribution is -1.92. The zero-order chi connectivity index (χ0) is 13.2. The molecular formula is C13H10N4O2. The van der Waals surface area contributed by atoms with Crippen LogP contribution in [-0.4, -0.2) is 15.0 Å². The van der Waals surface area contributed by atoms with Crippen molar-refractivity contribution in [3.05, 3.63) is 40.8 Å². The number of oxazole rings is 1. The second kappa shape index (κ2) is 4.46. The first-order chi connectivity index (χ1) is 9.26. The number of nitrogens with one attached hydrogen (secondary N) is 2. The number of H-pyrrole nitrogens is 2. The molecule has 0 aliphatic heterocycles. The van der Waals surface area contributed by atoms with Crippen molar-refractivity contribution in [2.75, 3.05) is 0 Å². The van der Waals surface area contributed by atoms with Crippen molar-refractivity contribution in [2.24, 2.45) is 0 Å². The summed E-state index contributed by atoms with van der Waals surface area (Å²) in [6.07, 6.45) is 2.74. The van der Waals surface area contributed by atoms with Crippen LogP contribution < -0.4 is 5.76 Å². The van der Waals surface area contributed by atoms with Gasteiger partial charge < -0.3 is 9.40 Å². The molecule has 0 saturated carbocycles. The van der Waals surface area contributed by atoms with E-state index in [1.807, 2.05) is 12.1 Å². The van der Waals surface area contributed by atoms with E-state index < -0.39 is 5.76 Å². The SMILES string of the molecule is N#CCCc1ncc(-c2ccc3oc(=O)[nH]c3c2)[nH]1. The Bertz CT molecular complexity index is 819. The maximum absolute atomic E-state index is 11.1. The van der Waals surface area contributed by atoms with Crippen LogP contribution in [0.4, 0.5) is 0 Å². The van der Waals surface area contributed by atoms with E-state index in [2.05, 4.69) is 21.0 Å². The summed E-state index contributed by atoms with van der Waals surface area (Å²) in [7, 11) is 0. The van der Waals surface area contributed by atoms with Crippen LogP contribution in [0.3, 0.4) is 0 Å². The Labute approximate surface area is 107 Å². The summed E-state index contributed by atoms with van der Waals surface area (Å²) < 4.78 is 4.94. The molecule has 0 bridgehead atoms. The van der Waals surface area contributed by atoms with Gasteiger partial charge in [-0.05, 0) is 18.2 Å². The normalized spacial score (nSPS) is 10.7. The molecule has 0 saturated heterocycles. The summed E-state index contributed by atoms with van der Waals surface area (Å²) in [5, 5.41) is 8.54. The number of nitrogens with zero attached hydrogens (tertiary/aromatic N) is 2. The topological polar surface area (TPSA) is 98.5 Å². The van der Waals surface area contributed by atoms with E-state index in [1.165, 1.54) is 0 Å². The van der Waals surface area contributed by atoms with E-state index in [1.54, 1.807) is 12.3 Å². The van der Waals surface area contributed by atoms with Gasteiger partial charge in [-0.1, -0.05) is 0 Å². The highest BCUT2D eigenvalue weighted by Gasteiger charge is 2.06. The van der Waals surface area contributed by atoms with Gasteiger partial charge in [0.25, 0.3) is 0 Å². The Balaban J connectivity index is 1.97. The monoisotopic (exact) mass is 254 g/mol. The summed E-state index contributed by atoms with van der Waals surface area (Å²) in [6, 6.07) is 7.48. The van der Waals surface area contributed by atoms with Crippen molar-refractivity contribution in [1.82, 2.24) is 15.0 Å². The Hall–Kier alpha value is -2.81. The number of rotatable bonds is 3. The average Bonchev–Trinajstić information content (AvgIpc) is 3.00. The smallest absolute Gasteiger partial charge is 0.408 e. The molecule has 0 fully saturated rings. The van der Waals surface area contributed by atoms with Crippen molar-refractivity contribution in [3.63, 3.8) is 0 Å². The quantitative estimate of drug-likeness (QED) is 0.746. The zero-order valence-electron chi connectivity index (χ0n) is 9.93. The molecule has 3 aromatic rings. The molecule has 0 radical (unpaired) electrons. The molecular weight excluding hydrogens is 244 g/mol. The lowest BCUT2D eigenvalue weighted by atomic mass is 10.1. The van der Waals surface area contributed by atoms with Crippen molar-refractivity contribution in [3.8, 4) is 17.3 Å². The van der Waals surface area contributed by atoms with Crippen LogP contribution in [0, 0.1) is 11.3 Å². The van der Waals surface area contributed by atoms with Gasteiger partial charge in [-0.2, -0.15) is 5.26 Å². The molecule has 3 rings (SSSR count). The lowest BCUT2D eigenvalue weighted by Gasteiger charge is -1.96. The van der Waals surface area contributed by atoms with Crippen LogP contribution in [0.2, 0.25) is 0 Å². The largest absolute Gasteiger partial charge is 0.417 e. The van der Waals surface area contributed by atoms with E-state index in [0.717, 1.165) is 17.1 Å². The molecule has 1 aromatic carbocycles. The van der Waals surface area contributed by atoms with Crippen molar-refractivity contribution in [1.29, 1.82) is 5.26 Å². The first-order valence-electron chi connectivity index (χ1n) is 5.80. The van der Waals surface area contributed by atoms with E-state index in [9.17, 15) is 4.79 Å². The lowest BCUT2D eigenvalue weighted by molar-refractivity contribution is 0.555. The third-order valence-corrected chi connectivity index (χ3v) is 2.83. The van der Waals surface area contributed by atoms with E-state index >= 15 is 0 Å². The van der Waals surface area contributed by atoms with Crippen molar-refractivity contribution >= 4 is 11.1 Å². The Morgan fingerprint density at radius 1 is 1.37 bits per heavy atom. The van der Waals surface area contributed by atoms with Crippen LogP contribution >= 0.6 is 0 Å². The predicted octanol–water partition coefficient (Wildman–Crippen LogP) is 1.97. The van der Waals surface area contributed by atoms with Gasteiger partial charge in [-0.15, -0.1) is 0 Å². The molecule has 0 aliphatic rings. The number of benzene rings is 1. The minimum atomic E-state index is -0.466. The minimum Gasteiger partial charge on any atom is -0.408 e. The van der Waals surface area contributed by atoms with Crippen LogP contribution in [0.5, 0.6) is 0 Å². The fourth-order valence-electron chi connectivity index (χ4n) is 1.93. The summed E-state index contributed by atoms with van der Waals surface area (Å²) in [5.74, 6) is 0.309. The standard InChI is InChI=1S/C13H10N4O2/c14-5-1-2-12-15-7-10(16-12)8-3-4-11-9(6-8)17-13(18)19-11/h3-4,6-7H,1-2H2,(H,15,16)(H,17,18). The molecule has 94 valence electrons. The van der Waals surface area contributed by atoms with Gasteiger partial charge in [0, 0.05) is 18.4 Å². The second-order valence-corrected chi connectivity index (χ2v) is 4.13. The molecule has 0 amide bonds. The molecule has 0 unspecified atom stereocenters. The third-order valence-electron chi connectivity index (χ3n) is 2.83. The first kappa shape index (κ1) is 11.3. The molecule has 19 heavy (non-hydrogen) atoms. The summed E-state index contributed by atoms with van der Waals surface area (Å²) in [6.45, 7) is 0. The number of imidazole rings is 1. The number of aromatic amines is 2. The fourth-order valence-corrected chi connectivity index (χ4v) is 1.93. The molecule has 2 aromatic heterocycles. The van der Waals surface area contributed by atoms with Crippen molar-refractivity contribution in [2.45, 2.75) is 12.8 Å². The van der Waals surface area contributed by atoms with Crippen LogP contribution in [0.25, 0.3) is 22.4 Å². The highest BCUT2D eigenvalue weighted by molar-refractivity contribution is 5.78. The van der Waals surface area contributed by atoms with Gasteiger partial charge in [0.05, 0.1) is 23.5 Å².